The average Bonchev–Trinajstić information content (AvgIpc) is 2.21. The average molecular weight is 290 g/mol. The van der Waals surface area contributed by atoms with Gasteiger partial charge in [-0.05, 0) is 24.1 Å². The minimum absolute atomic E-state index is 0.0567. The summed E-state index contributed by atoms with van der Waals surface area (Å²) in [6, 6.07) is 7.96. The highest BCUT2D eigenvalue weighted by Crippen LogP contribution is 2.12. The maximum absolute atomic E-state index is 11.7. The zero-order valence-corrected chi connectivity index (χ0v) is 11.2. The lowest BCUT2D eigenvalue weighted by atomic mass is 10.2. The van der Waals surface area contributed by atoms with Gasteiger partial charge in [0.15, 0.2) is 0 Å². The van der Waals surface area contributed by atoms with Crippen LogP contribution in [-0.4, -0.2) is 16.0 Å². The number of hydrogen-bond donors (Lipinski definition) is 1. The number of rotatable bonds is 5. The topological polar surface area (TPSA) is 43.1 Å². The molecule has 2 N–H and O–H groups in total. The van der Waals surface area contributed by atoms with Gasteiger partial charge in [-0.1, -0.05) is 35.0 Å². The fourth-order valence-electron chi connectivity index (χ4n) is 1.18. The Balaban J connectivity index is 2.48. The maximum Gasteiger partial charge on any atom is 0.0486 e. The molecule has 0 saturated carbocycles. The van der Waals surface area contributed by atoms with Crippen molar-refractivity contribution in [2.45, 2.75) is 25.1 Å². The van der Waals surface area contributed by atoms with Crippen molar-refractivity contribution < 1.29 is 4.21 Å². The molecule has 0 radical (unpaired) electrons. The molecule has 0 bridgehead atoms. The van der Waals surface area contributed by atoms with Gasteiger partial charge in [0, 0.05) is 32.8 Å². The van der Waals surface area contributed by atoms with Crippen LogP contribution in [-0.2, 0) is 16.6 Å². The van der Waals surface area contributed by atoms with Crippen LogP contribution in [0.25, 0.3) is 0 Å². The van der Waals surface area contributed by atoms with Crippen LogP contribution in [0.1, 0.15) is 18.9 Å². The van der Waals surface area contributed by atoms with Crippen LogP contribution < -0.4 is 5.73 Å². The fourth-order valence-corrected chi connectivity index (χ4v) is 2.84. The molecular weight excluding hydrogens is 274 g/mol. The molecule has 0 spiro atoms. The minimum atomic E-state index is -0.848. The van der Waals surface area contributed by atoms with E-state index in [4.69, 9.17) is 5.73 Å². The van der Waals surface area contributed by atoms with Gasteiger partial charge in [0.05, 0.1) is 0 Å². The highest BCUT2D eigenvalue weighted by atomic mass is 79.9. The van der Waals surface area contributed by atoms with Gasteiger partial charge in [-0.25, -0.2) is 0 Å². The molecule has 4 heteroatoms. The first kappa shape index (κ1) is 12.9. The summed E-state index contributed by atoms with van der Waals surface area (Å²) in [7, 11) is -0.848. The van der Waals surface area contributed by atoms with Gasteiger partial charge in [0.2, 0.25) is 0 Å². The lowest BCUT2D eigenvalue weighted by Gasteiger charge is -2.08. The van der Waals surface area contributed by atoms with Crippen molar-refractivity contribution >= 4 is 26.7 Å². The predicted molar refractivity (Wildman–Crippen MR) is 69.1 cm³/mol. The van der Waals surface area contributed by atoms with Crippen LogP contribution in [0.2, 0.25) is 0 Å². The van der Waals surface area contributed by atoms with Gasteiger partial charge in [-0.2, -0.15) is 0 Å². The molecule has 0 aliphatic carbocycles. The first-order valence-corrected chi connectivity index (χ1v) is 7.25. The predicted octanol–water partition coefficient (Wildman–Crippen LogP) is 2.44. The summed E-state index contributed by atoms with van der Waals surface area (Å²) >= 11 is 3.37. The molecule has 15 heavy (non-hydrogen) atoms. The van der Waals surface area contributed by atoms with E-state index in [9.17, 15) is 4.21 Å². The SMILES string of the molecule is CCC(N)CS(=O)Cc1ccc(Br)cc1. The van der Waals surface area contributed by atoms with Crippen molar-refractivity contribution in [3.05, 3.63) is 34.3 Å². The molecule has 0 aliphatic rings. The summed E-state index contributed by atoms with van der Waals surface area (Å²) in [6.07, 6.45) is 0.881. The van der Waals surface area contributed by atoms with Gasteiger partial charge < -0.3 is 5.73 Å². The third-order valence-corrected chi connectivity index (χ3v) is 4.15. The molecule has 0 saturated heterocycles. The van der Waals surface area contributed by atoms with Crippen LogP contribution in [0.15, 0.2) is 28.7 Å². The Morgan fingerprint density at radius 1 is 1.40 bits per heavy atom. The maximum atomic E-state index is 11.7. The first-order chi connectivity index (χ1) is 7.11. The largest absolute Gasteiger partial charge is 0.327 e. The van der Waals surface area contributed by atoms with Crippen molar-refractivity contribution in [3.63, 3.8) is 0 Å². The normalized spacial score (nSPS) is 14.9. The van der Waals surface area contributed by atoms with E-state index in [2.05, 4.69) is 15.9 Å². The summed E-state index contributed by atoms with van der Waals surface area (Å²) in [5, 5.41) is 0. The molecule has 2 unspecified atom stereocenters. The zero-order valence-electron chi connectivity index (χ0n) is 8.78. The monoisotopic (exact) mass is 289 g/mol. The number of benzene rings is 1. The van der Waals surface area contributed by atoms with Crippen LogP contribution in [0, 0.1) is 0 Å². The van der Waals surface area contributed by atoms with Crippen LogP contribution in [0.4, 0.5) is 0 Å². The van der Waals surface area contributed by atoms with Crippen molar-refractivity contribution in [1.82, 2.24) is 0 Å². The van der Waals surface area contributed by atoms with Crippen molar-refractivity contribution in [3.8, 4) is 0 Å². The third kappa shape index (κ3) is 4.91. The highest BCUT2D eigenvalue weighted by molar-refractivity contribution is 9.10. The Morgan fingerprint density at radius 3 is 2.53 bits per heavy atom. The summed E-state index contributed by atoms with van der Waals surface area (Å²) in [5.74, 6) is 1.19. The smallest absolute Gasteiger partial charge is 0.0486 e. The number of nitrogens with two attached hydrogens (primary N) is 1. The van der Waals surface area contributed by atoms with Crippen LogP contribution >= 0.6 is 15.9 Å². The van der Waals surface area contributed by atoms with E-state index in [0.717, 1.165) is 16.5 Å². The second-order valence-electron chi connectivity index (χ2n) is 3.55. The number of hydrogen-bond acceptors (Lipinski definition) is 2. The Kier molecular flexibility index (Phi) is 5.50. The standard InChI is InChI=1S/C11H16BrNOS/c1-2-11(13)8-15(14)7-9-3-5-10(12)6-4-9/h3-6,11H,2,7-8,13H2,1H3. The van der Waals surface area contributed by atoms with Gasteiger partial charge in [0.1, 0.15) is 0 Å². The van der Waals surface area contributed by atoms with Crippen molar-refractivity contribution in [2.75, 3.05) is 5.75 Å². The van der Waals surface area contributed by atoms with E-state index in [-0.39, 0.29) is 6.04 Å². The molecular formula is C11H16BrNOS. The molecule has 0 fully saturated rings. The molecule has 0 heterocycles. The van der Waals surface area contributed by atoms with E-state index >= 15 is 0 Å². The molecule has 1 aromatic carbocycles. The molecule has 84 valence electrons. The Labute approximate surface area is 102 Å². The molecule has 2 nitrogen and oxygen atoms in total. The van der Waals surface area contributed by atoms with Gasteiger partial charge in [0.25, 0.3) is 0 Å². The molecule has 0 aromatic heterocycles. The van der Waals surface area contributed by atoms with Gasteiger partial charge in [-0.3, -0.25) is 4.21 Å². The molecule has 0 amide bonds. The first-order valence-electron chi connectivity index (χ1n) is 4.96. The highest BCUT2D eigenvalue weighted by Gasteiger charge is 2.06. The lowest BCUT2D eigenvalue weighted by molar-refractivity contribution is 0.663. The Hall–Kier alpha value is -0.190. The Morgan fingerprint density at radius 2 is 2.00 bits per heavy atom. The quantitative estimate of drug-likeness (QED) is 0.905. The van der Waals surface area contributed by atoms with Crippen LogP contribution in [0.3, 0.4) is 0 Å². The minimum Gasteiger partial charge on any atom is -0.327 e. The fraction of sp³-hybridized carbons (Fsp3) is 0.455. The summed E-state index contributed by atoms with van der Waals surface area (Å²) in [4.78, 5) is 0. The zero-order chi connectivity index (χ0) is 11.3. The molecule has 0 aliphatic heterocycles. The van der Waals surface area contributed by atoms with E-state index in [1.807, 2.05) is 31.2 Å². The molecule has 2 atom stereocenters. The Bertz CT molecular complexity index is 326. The summed E-state index contributed by atoms with van der Waals surface area (Å²) < 4.78 is 12.7. The van der Waals surface area contributed by atoms with Gasteiger partial charge in [-0.15, -0.1) is 0 Å². The lowest BCUT2D eigenvalue weighted by Crippen LogP contribution is -2.26. The molecule has 1 aromatic rings. The molecule has 1 rings (SSSR count). The second kappa shape index (κ2) is 6.40. The summed E-state index contributed by atoms with van der Waals surface area (Å²) in [6.45, 7) is 2.02. The van der Waals surface area contributed by atoms with Crippen molar-refractivity contribution in [1.29, 1.82) is 0 Å². The van der Waals surface area contributed by atoms with E-state index in [1.54, 1.807) is 0 Å². The second-order valence-corrected chi connectivity index (χ2v) is 5.96. The number of halogens is 1. The van der Waals surface area contributed by atoms with Crippen molar-refractivity contribution in [2.24, 2.45) is 5.73 Å². The van der Waals surface area contributed by atoms with E-state index in [0.29, 0.717) is 11.5 Å². The third-order valence-electron chi connectivity index (χ3n) is 2.17. The van der Waals surface area contributed by atoms with Gasteiger partial charge >= 0.3 is 0 Å². The van der Waals surface area contributed by atoms with E-state index in [1.165, 1.54) is 0 Å². The van der Waals surface area contributed by atoms with E-state index < -0.39 is 10.8 Å². The van der Waals surface area contributed by atoms with Crippen LogP contribution in [0.5, 0.6) is 0 Å². The summed E-state index contributed by atoms with van der Waals surface area (Å²) in [5.41, 5.74) is 6.85.